The first-order chi connectivity index (χ1) is 15.9. The van der Waals surface area contributed by atoms with Gasteiger partial charge in [0, 0.05) is 37.2 Å². The largest absolute Gasteiger partial charge is 0.384 e. The number of nitrogens with zero attached hydrogens (tertiary/aromatic N) is 4. The predicted octanol–water partition coefficient (Wildman–Crippen LogP) is 2.78. The van der Waals surface area contributed by atoms with Crippen molar-refractivity contribution >= 4 is 42.4 Å². The molecule has 0 saturated heterocycles. The summed E-state index contributed by atoms with van der Waals surface area (Å²) in [6.07, 6.45) is 4.75. The molecule has 0 saturated carbocycles. The molecule has 1 amide bonds. The molecule has 1 aliphatic carbocycles. The first-order valence-electron chi connectivity index (χ1n) is 11.3. The third-order valence-corrected chi connectivity index (χ3v) is 6.92. The van der Waals surface area contributed by atoms with Gasteiger partial charge in [0.15, 0.2) is 5.82 Å². The zero-order valence-corrected chi connectivity index (χ0v) is 21.4. The number of nitrogens with two attached hydrogens (primary N) is 1. The summed E-state index contributed by atoms with van der Waals surface area (Å²) in [5, 5.41) is 2.97. The topological polar surface area (TPSA) is 106 Å². The van der Waals surface area contributed by atoms with E-state index in [1.54, 1.807) is 16.8 Å². The van der Waals surface area contributed by atoms with E-state index in [0.29, 0.717) is 31.0 Å². The summed E-state index contributed by atoms with van der Waals surface area (Å²) in [5.74, 6) is 0.684. The van der Waals surface area contributed by atoms with Gasteiger partial charge in [0.1, 0.15) is 11.9 Å². The number of pyridine rings is 1. The van der Waals surface area contributed by atoms with E-state index in [1.807, 2.05) is 24.9 Å². The molecule has 1 aromatic carbocycles. The van der Waals surface area contributed by atoms with E-state index in [2.05, 4.69) is 39.6 Å². The number of benzene rings is 1. The van der Waals surface area contributed by atoms with Gasteiger partial charge in [0.25, 0.3) is 5.56 Å². The van der Waals surface area contributed by atoms with Crippen molar-refractivity contribution in [2.45, 2.75) is 51.2 Å². The Bertz CT molecular complexity index is 1270. The highest BCUT2D eigenvalue weighted by Crippen LogP contribution is 2.28. The standard InChI is InChI=1S/C25H28N6O2.2ClH/c1-15-18(7-10-22(26)29-15)13-28-24(32)21-9-8-19-14-27-23(25(33)31(19)21)30(2)20-11-16-5-3-4-6-17(16)12-20;;/h3-7,10,14,20-21H,8-9,11-13H2,1-2H3,(H2,26,29)(H,28,32);2*1H/t21-;;/m0../s1. The number of aryl methyl sites for hydroxylation is 2. The van der Waals surface area contributed by atoms with Crippen LogP contribution in [0.25, 0.3) is 0 Å². The number of carbonyl (C=O) groups excluding carboxylic acids is 1. The molecule has 1 atom stereocenters. The van der Waals surface area contributed by atoms with Gasteiger partial charge in [0.2, 0.25) is 5.91 Å². The average molecular weight is 517 g/mol. The monoisotopic (exact) mass is 516 g/mol. The van der Waals surface area contributed by atoms with Crippen molar-refractivity contribution < 1.29 is 4.79 Å². The summed E-state index contributed by atoms with van der Waals surface area (Å²) in [4.78, 5) is 37.2. The second-order valence-electron chi connectivity index (χ2n) is 8.94. The molecule has 0 unspecified atom stereocenters. The summed E-state index contributed by atoms with van der Waals surface area (Å²) in [5.41, 5.74) is 10.6. The van der Waals surface area contributed by atoms with Gasteiger partial charge in [-0.25, -0.2) is 9.97 Å². The van der Waals surface area contributed by atoms with Crippen molar-refractivity contribution in [2.24, 2.45) is 0 Å². The van der Waals surface area contributed by atoms with Crippen molar-refractivity contribution in [3.05, 3.63) is 81.0 Å². The molecule has 2 aromatic heterocycles. The Hall–Kier alpha value is -3.10. The molecule has 0 spiro atoms. The lowest BCUT2D eigenvalue weighted by atomic mass is 10.1. The number of fused-ring (bicyclic) bond motifs is 2. The van der Waals surface area contributed by atoms with Gasteiger partial charge < -0.3 is 16.0 Å². The lowest BCUT2D eigenvalue weighted by Crippen LogP contribution is -2.41. The molecule has 0 bridgehead atoms. The number of nitrogens with one attached hydrogen (secondary N) is 1. The molecule has 186 valence electrons. The van der Waals surface area contributed by atoms with Crippen molar-refractivity contribution in [3.8, 4) is 0 Å². The maximum atomic E-state index is 13.5. The zero-order chi connectivity index (χ0) is 23.1. The molecular formula is C25H30Cl2N6O2. The third kappa shape index (κ3) is 4.99. The molecule has 35 heavy (non-hydrogen) atoms. The molecule has 3 N–H and O–H groups in total. The zero-order valence-electron chi connectivity index (χ0n) is 19.7. The van der Waals surface area contributed by atoms with E-state index in [0.717, 1.165) is 29.8 Å². The summed E-state index contributed by atoms with van der Waals surface area (Å²) in [6.45, 7) is 2.21. The Morgan fingerprint density at radius 1 is 1.17 bits per heavy atom. The number of amides is 1. The summed E-state index contributed by atoms with van der Waals surface area (Å²) in [6, 6.07) is 11.6. The van der Waals surface area contributed by atoms with Gasteiger partial charge in [-0.15, -0.1) is 24.8 Å². The highest BCUT2D eigenvalue weighted by molar-refractivity contribution is 5.85. The van der Waals surface area contributed by atoms with Gasteiger partial charge in [-0.1, -0.05) is 30.3 Å². The normalized spacial score (nSPS) is 16.0. The highest BCUT2D eigenvalue weighted by atomic mass is 35.5. The number of hydrogen-bond donors (Lipinski definition) is 2. The Morgan fingerprint density at radius 3 is 2.51 bits per heavy atom. The maximum absolute atomic E-state index is 13.5. The average Bonchev–Trinajstić information content (AvgIpc) is 3.43. The summed E-state index contributed by atoms with van der Waals surface area (Å²) < 4.78 is 1.63. The van der Waals surface area contributed by atoms with Crippen LogP contribution in [0.5, 0.6) is 0 Å². The molecule has 0 fully saturated rings. The van der Waals surface area contributed by atoms with E-state index in [9.17, 15) is 9.59 Å². The van der Waals surface area contributed by atoms with E-state index in [1.165, 1.54) is 11.1 Å². The van der Waals surface area contributed by atoms with Crippen LogP contribution in [0.2, 0.25) is 0 Å². The fraction of sp³-hybridized carbons (Fsp3) is 0.360. The SMILES string of the molecule is Cc1nc(N)ccc1CNC(=O)[C@@H]1CCc2cnc(N(C)C3Cc4ccccc4C3)c(=O)n21.Cl.Cl. The first-order valence-corrected chi connectivity index (χ1v) is 11.3. The number of likely N-dealkylation sites (N-methyl/N-ethyl adjacent to an activating group) is 1. The minimum absolute atomic E-state index is 0. The van der Waals surface area contributed by atoms with Crippen molar-refractivity contribution in [1.29, 1.82) is 0 Å². The molecular weight excluding hydrogens is 487 g/mol. The number of carbonyl (C=O) groups is 1. The predicted molar refractivity (Wildman–Crippen MR) is 142 cm³/mol. The molecule has 3 aromatic rings. The quantitative estimate of drug-likeness (QED) is 0.539. The summed E-state index contributed by atoms with van der Waals surface area (Å²) in [7, 11) is 1.92. The van der Waals surface area contributed by atoms with Crippen LogP contribution in [0.3, 0.4) is 0 Å². The van der Waals surface area contributed by atoms with Crippen LogP contribution in [-0.4, -0.2) is 33.5 Å². The van der Waals surface area contributed by atoms with Crippen molar-refractivity contribution in [1.82, 2.24) is 19.9 Å². The van der Waals surface area contributed by atoms with Crippen LogP contribution in [0, 0.1) is 6.92 Å². The van der Waals surface area contributed by atoms with Gasteiger partial charge in [-0.2, -0.15) is 0 Å². The van der Waals surface area contributed by atoms with Gasteiger partial charge in [-0.05, 0) is 55.4 Å². The maximum Gasteiger partial charge on any atom is 0.294 e. The molecule has 5 rings (SSSR count). The Balaban J connectivity index is 0.00000171. The minimum atomic E-state index is -0.537. The Kier molecular flexibility index (Phi) is 8.07. The third-order valence-electron chi connectivity index (χ3n) is 6.92. The number of halogens is 2. The lowest BCUT2D eigenvalue weighted by molar-refractivity contribution is -0.124. The first kappa shape index (κ1) is 26.5. The van der Waals surface area contributed by atoms with E-state index < -0.39 is 6.04 Å². The van der Waals surface area contributed by atoms with Crippen LogP contribution in [-0.2, 0) is 30.6 Å². The molecule has 10 heteroatoms. The Morgan fingerprint density at radius 2 is 1.86 bits per heavy atom. The fourth-order valence-corrected chi connectivity index (χ4v) is 5.00. The molecule has 2 aliphatic rings. The van der Waals surface area contributed by atoms with Crippen LogP contribution in [0.15, 0.2) is 47.4 Å². The molecule has 3 heterocycles. The van der Waals surface area contributed by atoms with Crippen LogP contribution >= 0.6 is 24.8 Å². The van der Waals surface area contributed by atoms with E-state index in [-0.39, 0.29) is 42.3 Å². The van der Waals surface area contributed by atoms with Crippen molar-refractivity contribution in [2.75, 3.05) is 17.7 Å². The van der Waals surface area contributed by atoms with Crippen molar-refractivity contribution in [3.63, 3.8) is 0 Å². The minimum Gasteiger partial charge on any atom is -0.384 e. The van der Waals surface area contributed by atoms with Gasteiger partial charge in [0.05, 0.1) is 0 Å². The van der Waals surface area contributed by atoms with Crippen LogP contribution in [0.1, 0.15) is 40.5 Å². The van der Waals surface area contributed by atoms with E-state index in [4.69, 9.17) is 5.73 Å². The molecule has 1 aliphatic heterocycles. The van der Waals surface area contributed by atoms with Crippen LogP contribution < -0.4 is 21.5 Å². The number of rotatable bonds is 5. The second kappa shape index (κ2) is 10.7. The number of nitrogen functional groups attached to an aromatic ring is 1. The highest BCUT2D eigenvalue weighted by Gasteiger charge is 2.33. The lowest BCUT2D eigenvalue weighted by Gasteiger charge is -2.26. The molecule has 8 nitrogen and oxygen atoms in total. The number of hydrogen-bond acceptors (Lipinski definition) is 6. The summed E-state index contributed by atoms with van der Waals surface area (Å²) >= 11 is 0. The van der Waals surface area contributed by atoms with Crippen LogP contribution in [0.4, 0.5) is 11.6 Å². The van der Waals surface area contributed by atoms with Gasteiger partial charge in [-0.3, -0.25) is 14.2 Å². The van der Waals surface area contributed by atoms with Gasteiger partial charge >= 0.3 is 0 Å². The fourth-order valence-electron chi connectivity index (χ4n) is 5.00. The number of anilines is 2. The van der Waals surface area contributed by atoms with E-state index >= 15 is 0 Å². The smallest absolute Gasteiger partial charge is 0.294 e. The second-order valence-corrected chi connectivity index (χ2v) is 8.94. The molecule has 0 radical (unpaired) electrons. The number of aromatic nitrogens is 3. The Labute approximate surface area is 216 Å².